The molecule has 0 radical (unpaired) electrons. The third-order valence-electron chi connectivity index (χ3n) is 7.62. The second-order valence-electron chi connectivity index (χ2n) is 10.6. The first-order valence-corrected chi connectivity index (χ1v) is 13.1. The second-order valence-corrected chi connectivity index (χ2v) is 10.6. The fraction of sp³-hybridized carbons (Fsp3) is 0.630. The number of nitrogens with one attached hydrogen (secondary N) is 1. The molecule has 2 aromatic heterocycles. The van der Waals surface area contributed by atoms with Crippen LogP contribution in [0.2, 0.25) is 0 Å². The molecule has 8 heteroatoms. The van der Waals surface area contributed by atoms with E-state index in [1.807, 2.05) is 34.7 Å². The maximum Gasteiger partial charge on any atom is 0.246 e. The van der Waals surface area contributed by atoms with Gasteiger partial charge in [-0.3, -0.25) is 14.5 Å². The Morgan fingerprint density at radius 2 is 1.91 bits per heavy atom. The SMILES string of the molecule is CCCCN1C(=O)[C@H](CC(C)C)NC(=O)C12CCN(Cc1c(C)nn(-c3ccccn3)c1C)CC2. The van der Waals surface area contributed by atoms with Crippen LogP contribution in [0, 0.1) is 19.8 Å². The third kappa shape index (κ3) is 4.99. The number of hydrogen-bond donors (Lipinski definition) is 1. The van der Waals surface area contributed by atoms with Gasteiger partial charge in [0.25, 0.3) is 0 Å². The molecular weight excluding hydrogens is 440 g/mol. The van der Waals surface area contributed by atoms with Gasteiger partial charge in [-0.1, -0.05) is 33.3 Å². The highest BCUT2D eigenvalue weighted by Gasteiger charge is 2.53. The minimum atomic E-state index is -0.724. The van der Waals surface area contributed by atoms with E-state index in [9.17, 15) is 9.59 Å². The lowest BCUT2D eigenvalue weighted by molar-refractivity contribution is -0.161. The Morgan fingerprint density at radius 3 is 2.54 bits per heavy atom. The summed E-state index contributed by atoms with van der Waals surface area (Å²) in [7, 11) is 0. The number of carbonyl (C=O) groups is 2. The molecular formula is C27H40N6O2. The van der Waals surface area contributed by atoms with Gasteiger partial charge >= 0.3 is 0 Å². The van der Waals surface area contributed by atoms with Crippen molar-refractivity contribution >= 4 is 11.8 Å². The van der Waals surface area contributed by atoms with Crippen molar-refractivity contribution in [3.8, 4) is 5.82 Å². The van der Waals surface area contributed by atoms with Gasteiger partial charge in [0.1, 0.15) is 11.6 Å². The highest BCUT2D eigenvalue weighted by atomic mass is 16.2. The molecule has 4 rings (SSSR count). The molecule has 2 amide bonds. The zero-order chi connectivity index (χ0) is 25.2. The number of aryl methyl sites for hydroxylation is 1. The van der Waals surface area contributed by atoms with Crippen molar-refractivity contribution in [2.24, 2.45) is 5.92 Å². The van der Waals surface area contributed by atoms with Gasteiger partial charge in [-0.25, -0.2) is 9.67 Å². The fourth-order valence-electron chi connectivity index (χ4n) is 5.56. The first-order chi connectivity index (χ1) is 16.8. The number of hydrogen-bond acceptors (Lipinski definition) is 5. The molecule has 190 valence electrons. The van der Waals surface area contributed by atoms with Gasteiger partial charge < -0.3 is 10.2 Å². The van der Waals surface area contributed by atoms with Crippen molar-refractivity contribution in [3.05, 3.63) is 41.3 Å². The standard InChI is InChI=1S/C27H40N6O2/c1-6-7-14-32-25(34)23(17-19(2)3)29-26(35)27(32)11-15-31(16-12-27)18-22-20(4)30-33(21(22)5)24-10-8-9-13-28-24/h8-10,13,19,23H,6-7,11-12,14-18H2,1-5H3,(H,29,35)/t23-/m0/s1. The van der Waals surface area contributed by atoms with Crippen LogP contribution in [-0.4, -0.2) is 67.6 Å². The Bertz CT molecular complexity index is 1040. The van der Waals surface area contributed by atoms with Crippen LogP contribution in [0.15, 0.2) is 24.4 Å². The van der Waals surface area contributed by atoms with Crippen LogP contribution in [0.3, 0.4) is 0 Å². The number of pyridine rings is 1. The monoisotopic (exact) mass is 480 g/mol. The predicted molar refractivity (Wildman–Crippen MR) is 136 cm³/mol. The van der Waals surface area contributed by atoms with Crippen molar-refractivity contribution in [1.29, 1.82) is 0 Å². The maximum atomic E-state index is 13.5. The molecule has 0 unspecified atom stereocenters. The van der Waals surface area contributed by atoms with Crippen molar-refractivity contribution < 1.29 is 9.59 Å². The first kappa shape index (κ1) is 25.4. The van der Waals surface area contributed by atoms with Crippen LogP contribution in [0.5, 0.6) is 0 Å². The van der Waals surface area contributed by atoms with E-state index in [0.29, 0.717) is 31.7 Å². The first-order valence-electron chi connectivity index (χ1n) is 13.1. The Hall–Kier alpha value is -2.74. The van der Waals surface area contributed by atoms with E-state index in [0.717, 1.165) is 49.7 Å². The number of unbranched alkanes of at least 4 members (excludes halogenated alkanes) is 1. The number of aromatic nitrogens is 3. The molecule has 2 aromatic rings. The second kappa shape index (κ2) is 10.5. The van der Waals surface area contributed by atoms with E-state index >= 15 is 0 Å². The number of rotatable bonds is 8. The van der Waals surface area contributed by atoms with E-state index < -0.39 is 11.6 Å². The average Bonchev–Trinajstić information content (AvgIpc) is 3.12. The summed E-state index contributed by atoms with van der Waals surface area (Å²) in [6.45, 7) is 13.4. The Balaban J connectivity index is 1.49. The van der Waals surface area contributed by atoms with Gasteiger partial charge in [-0.2, -0.15) is 5.10 Å². The molecule has 2 fully saturated rings. The highest BCUT2D eigenvalue weighted by molar-refractivity contribution is 6.00. The molecule has 2 aliphatic rings. The lowest BCUT2D eigenvalue weighted by Gasteiger charge is -2.52. The van der Waals surface area contributed by atoms with E-state index in [-0.39, 0.29) is 11.8 Å². The van der Waals surface area contributed by atoms with Crippen molar-refractivity contribution in [1.82, 2.24) is 29.9 Å². The maximum absolute atomic E-state index is 13.5. The van der Waals surface area contributed by atoms with Gasteiger partial charge in [-0.05, 0) is 57.6 Å². The molecule has 0 saturated carbocycles. The van der Waals surface area contributed by atoms with Crippen LogP contribution >= 0.6 is 0 Å². The molecule has 35 heavy (non-hydrogen) atoms. The van der Waals surface area contributed by atoms with Crippen LogP contribution in [0.4, 0.5) is 0 Å². The van der Waals surface area contributed by atoms with Gasteiger partial charge in [0.15, 0.2) is 5.82 Å². The molecule has 0 bridgehead atoms. The number of likely N-dealkylation sites (tertiary alicyclic amines) is 1. The van der Waals surface area contributed by atoms with Gasteiger partial charge in [0, 0.05) is 43.6 Å². The van der Waals surface area contributed by atoms with Crippen LogP contribution in [-0.2, 0) is 16.1 Å². The minimum Gasteiger partial charge on any atom is -0.342 e. The molecule has 0 aliphatic carbocycles. The molecule has 1 atom stereocenters. The Labute approximate surface area is 209 Å². The van der Waals surface area contributed by atoms with Gasteiger partial charge in [0.05, 0.1) is 5.69 Å². The van der Waals surface area contributed by atoms with Gasteiger partial charge in [-0.15, -0.1) is 0 Å². The lowest BCUT2D eigenvalue weighted by atomic mass is 9.80. The Morgan fingerprint density at radius 1 is 1.17 bits per heavy atom. The molecule has 1 spiro atoms. The van der Waals surface area contributed by atoms with Crippen LogP contribution in [0.25, 0.3) is 5.82 Å². The van der Waals surface area contributed by atoms with E-state index in [1.54, 1.807) is 6.20 Å². The molecule has 1 N–H and O–H groups in total. The molecule has 8 nitrogen and oxygen atoms in total. The quantitative estimate of drug-likeness (QED) is 0.626. The smallest absolute Gasteiger partial charge is 0.246 e. The number of piperazine rings is 1. The van der Waals surface area contributed by atoms with Gasteiger partial charge in [0.2, 0.25) is 11.8 Å². The summed E-state index contributed by atoms with van der Waals surface area (Å²) in [6.07, 6.45) is 5.71. The van der Waals surface area contributed by atoms with Crippen molar-refractivity contribution in [3.63, 3.8) is 0 Å². The largest absolute Gasteiger partial charge is 0.342 e. The van der Waals surface area contributed by atoms with E-state index in [2.05, 4.69) is 42.9 Å². The number of carbonyl (C=O) groups excluding carboxylic acids is 2. The number of piperidine rings is 1. The van der Waals surface area contributed by atoms with Crippen molar-refractivity contribution in [2.75, 3.05) is 19.6 Å². The molecule has 0 aromatic carbocycles. The number of nitrogens with zero attached hydrogens (tertiary/aromatic N) is 5. The minimum absolute atomic E-state index is 0.0360. The summed E-state index contributed by atoms with van der Waals surface area (Å²) >= 11 is 0. The normalized spacial score (nSPS) is 20.6. The molecule has 2 saturated heterocycles. The highest BCUT2D eigenvalue weighted by Crippen LogP contribution is 2.35. The zero-order valence-electron chi connectivity index (χ0n) is 21.9. The average molecular weight is 481 g/mol. The summed E-state index contributed by atoms with van der Waals surface area (Å²) in [4.78, 5) is 35.7. The van der Waals surface area contributed by atoms with E-state index in [1.165, 1.54) is 5.56 Å². The topological polar surface area (TPSA) is 83.4 Å². The summed E-state index contributed by atoms with van der Waals surface area (Å²) in [5.74, 6) is 1.31. The Kier molecular flexibility index (Phi) is 7.59. The summed E-state index contributed by atoms with van der Waals surface area (Å²) < 4.78 is 1.91. The lowest BCUT2D eigenvalue weighted by Crippen LogP contribution is -2.73. The zero-order valence-corrected chi connectivity index (χ0v) is 21.9. The molecule has 4 heterocycles. The third-order valence-corrected chi connectivity index (χ3v) is 7.62. The summed E-state index contributed by atoms with van der Waals surface area (Å²) in [6, 6.07) is 5.44. The number of amides is 2. The van der Waals surface area contributed by atoms with E-state index in [4.69, 9.17) is 5.10 Å². The fourth-order valence-corrected chi connectivity index (χ4v) is 5.56. The summed E-state index contributed by atoms with van der Waals surface area (Å²) in [5, 5.41) is 7.84. The van der Waals surface area contributed by atoms with Crippen molar-refractivity contribution in [2.45, 2.75) is 84.8 Å². The summed E-state index contributed by atoms with van der Waals surface area (Å²) in [5.41, 5.74) is 2.57. The molecule has 2 aliphatic heterocycles. The van der Waals surface area contributed by atoms with Crippen LogP contribution in [0.1, 0.15) is 69.8 Å². The van der Waals surface area contributed by atoms with Crippen LogP contribution < -0.4 is 5.32 Å². The predicted octanol–water partition coefficient (Wildman–Crippen LogP) is 3.39.